The van der Waals surface area contributed by atoms with Crippen molar-refractivity contribution in [2.24, 2.45) is 41.4 Å². The Morgan fingerprint density at radius 2 is 1.09 bits per heavy atom. The molecule has 8 rings (SSSR count). The monoisotopic (exact) mass is 631 g/mol. The van der Waals surface area contributed by atoms with Gasteiger partial charge in [0, 0.05) is 42.2 Å². The molecule has 7 unspecified atom stereocenters. The van der Waals surface area contributed by atoms with Crippen LogP contribution in [0.15, 0.2) is 0 Å². The van der Waals surface area contributed by atoms with Crippen LogP contribution >= 0.6 is 0 Å². The molecule has 0 aromatic rings. The van der Waals surface area contributed by atoms with Crippen molar-refractivity contribution in [3.8, 4) is 6.07 Å². The zero-order chi connectivity index (χ0) is 30.9. The van der Waals surface area contributed by atoms with Crippen molar-refractivity contribution in [3.05, 3.63) is 0 Å². The maximum Gasteiger partial charge on any atom is 0.0658 e. The fraction of sp³-hybridized carbons (Fsp3) is 0.976. The number of hydrogen-bond acceptors (Lipinski definition) is 4. The molecule has 1 N–H and O–H groups in total. The zero-order valence-corrected chi connectivity index (χ0v) is 29.6. The van der Waals surface area contributed by atoms with Crippen LogP contribution in [0.2, 0.25) is 0 Å². The van der Waals surface area contributed by atoms with Gasteiger partial charge in [0.05, 0.1) is 6.07 Å². The number of likely N-dealkylation sites (tertiary alicyclic amines) is 1. The van der Waals surface area contributed by atoms with Crippen molar-refractivity contribution in [1.82, 2.24) is 15.1 Å². The lowest BCUT2D eigenvalue weighted by Gasteiger charge is -2.50. The fourth-order valence-electron chi connectivity index (χ4n) is 14.2. The van der Waals surface area contributed by atoms with Gasteiger partial charge < -0.3 is 5.32 Å². The predicted octanol–water partition coefficient (Wildman–Crippen LogP) is 9.48. The number of nitrogens with one attached hydrogen (secondary N) is 1. The first-order valence-corrected chi connectivity index (χ1v) is 21.4. The summed E-state index contributed by atoms with van der Waals surface area (Å²) in [6.45, 7) is 2.55. The van der Waals surface area contributed by atoms with Gasteiger partial charge in [-0.15, -0.1) is 0 Å². The molecule has 46 heavy (non-hydrogen) atoms. The average Bonchev–Trinajstić information content (AvgIpc) is 3.46. The van der Waals surface area contributed by atoms with E-state index in [0.717, 1.165) is 71.8 Å². The number of fused-ring (bicyclic) bond motifs is 3. The van der Waals surface area contributed by atoms with Gasteiger partial charge in [-0.2, -0.15) is 5.26 Å². The Morgan fingerprint density at radius 3 is 1.76 bits per heavy atom. The number of hydrogen-bond donors (Lipinski definition) is 1. The third-order valence-corrected chi connectivity index (χ3v) is 16.3. The highest BCUT2D eigenvalue weighted by molar-refractivity contribution is 5.09. The summed E-state index contributed by atoms with van der Waals surface area (Å²) in [5.41, 5.74) is 0. The van der Waals surface area contributed by atoms with E-state index in [9.17, 15) is 5.26 Å². The molecule has 0 radical (unpaired) electrons. The standard InChI is InChI=1S/C42H70N4/c43-28-33-9-7-8-14-38(33)32-17-15-30(16-18-32)31-19-21-36(22-20-31)46-41-24-23-37(27-39(41)40-29-44-26-25-42(40)46)45(34-10-3-1-4-11-34)35-12-5-2-6-13-35/h30-42,44H,1-27,29H2. The maximum absolute atomic E-state index is 9.79. The summed E-state index contributed by atoms with van der Waals surface area (Å²) in [7, 11) is 0. The fourth-order valence-corrected chi connectivity index (χ4v) is 14.2. The highest BCUT2D eigenvalue weighted by Gasteiger charge is 2.54. The topological polar surface area (TPSA) is 42.3 Å². The van der Waals surface area contributed by atoms with Gasteiger partial charge in [-0.05, 0) is 164 Å². The van der Waals surface area contributed by atoms with E-state index < -0.39 is 0 Å². The van der Waals surface area contributed by atoms with Crippen molar-refractivity contribution >= 4 is 0 Å². The lowest BCUT2D eigenvalue weighted by atomic mass is 9.64. The van der Waals surface area contributed by atoms with Gasteiger partial charge in [-0.3, -0.25) is 9.80 Å². The van der Waals surface area contributed by atoms with Gasteiger partial charge in [0.25, 0.3) is 0 Å². The summed E-state index contributed by atoms with van der Waals surface area (Å²) >= 11 is 0. The highest BCUT2D eigenvalue weighted by Crippen LogP contribution is 2.52. The number of nitriles is 1. The minimum absolute atomic E-state index is 0.367. The van der Waals surface area contributed by atoms with Crippen LogP contribution in [0.25, 0.3) is 0 Å². The number of rotatable bonds is 6. The van der Waals surface area contributed by atoms with Gasteiger partial charge in [-0.25, -0.2) is 0 Å². The van der Waals surface area contributed by atoms with Crippen molar-refractivity contribution in [3.63, 3.8) is 0 Å². The molecule has 258 valence electrons. The lowest BCUT2D eigenvalue weighted by molar-refractivity contribution is -0.00842. The van der Waals surface area contributed by atoms with Crippen LogP contribution in [-0.2, 0) is 0 Å². The van der Waals surface area contributed by atoms with E-state index >= 15 is 0 Å². The van der Waals surface area contributed by atoms with Gasteiger partial charge in [-0.1, -0.05) is 51.4 Å². The van der Waals surface area contributed by atoms with Crippen LogP contribution in [0.3, 0.4) is 0 Å². The third-order valence-electron chi connectivity index (χ3n) is 16.3. The quantitative estimate of drug-likeness (QED) is 0.317. The molecule has 0 aromatic heterocycles. The van der Waals surface area contributed by atoms with E-state index in [1.54, 1.807) is 0 Å². The summed E-state index contributed by atoms with van der Waals surface area (Å²) in [6, 6.07) is 8.02. The highest BCUT2D eigenvalue weighted by atomic mass is 15.3. The molecule has 2 aliphatic heterocycles. The molecule has 7 atom stereocenters. The van der Waals surface area contributed by atoms with E-state index in [-0.39, 0.29) is 0 Å². The number of nitrogens with zero attached hydrogens (tertiary/aromatic N) is 3. The number of piperidine rings is 1. The van der Waals surface area contributed by atoms with E-state index in [1.807, 2.05) is 0 Å². The summed E-state index contributed by atoms with van der Waals surface area (Å²) in [5, 5.41) is 13.7. The van der Waals surface area contributed by atoms with Crippen LogP contribution < -0.4 is 5.32 Å². The second-order valence-electron chi connectivity index (χ2n) is 18.3. The largest absolute Gasteiger partial charge is 0.316 e. The van der Waals surface area contributed by atoms with Crippen molar-refractivity contribution in [2.75, 3.05) is 13.1 Å². The second-order valence-corrected chi connectivity index (χ2v) is 18.3. The first-order chi connectivity index (χ1) is 22.8. The molecular formula is C42H70N4. The van der Waals surface area contributed by atoms with Crippen LogP contribution in [0.1, 0.15) is 167 Å². The molecule has 8 fully saturated rings. The maximum atomic E-state index is 9.79. The van der Waals surface area contributed by atoms with E-state index in [0.29, 0.717) is 5.92 Å². The summed E-state index contributed by atoms with van der Waals surface area (Å²) in [5.74, 6) is 5.78. The SMILES string of the molecule is N#CC1CCCCC1C1CCC(C2CCC(N3C4CCNCC4C4CC(N(C5CCCCC5)C5CCCCC5)CCC43)CC2)CC1. The molecule has 0 aromatic carbocycles. The average molecular weight is 631 g/mol. The van der Waals surface area contributed by atoms with Crippen molar-refractivity contribution < 1.29 is 0 Å². The Morgan fingerprint density at radius 1 is 0.500 bits per heavy atom. The molecule has 2 heterocycles. The first-order valence-electron chi connectivity index (χ1n) is 21.4. The summed E-state index contributed by atoms with van der Waals surface area (Å²) < 4.78 is 0. The van der Waals surface area contributed by atoms with E-state index in [1.165, 1.54) is 180 Å². The lowest BCUT2D eigenvalue weighted by Crippen LogP contribution is -2.55. The zero-order valence-electron chi connectivity index (χ0n) is 29.6. The first kappa shape index (κ1) is 32.6. The summed E-state index contributed by atoms with van der Waals surface area (Å²) in [4.78, 5) is 6.48. The Bertz CT molecular complexity index is 976. The van der Waals surface area contributed by atoms with E-state index in [4.69, 9.17) is 0 Å². The van der Waals surface area contributed by atoms with Crippen LogP contribution in [0.4, 0.5) is 0 Å². The van der Waals surface area contributed by atoms with Crippen LogP contribution in [0, 0.1) is 52.8 Å². The second kappa shape index (κ2) is 15.1. The normalized spacial score (nSPS) is 45.2. The predicted molar refractivity (Wildman–Crippen MR) is 189 cm³/mol. The molecule has 6 saturated carbocycles. The molecule has 2 saturated heterocycles. The minimum atomic E-state index is 0.367. The smallest absolute Gasteiger partial charge is 0.0658 e. The molecule has 4 nitrogen and oxygen atoms in total. The van der Waals surface area contributed by atoms with Crippen molar-refractivity contribution in [2.45, 2.75) is 203 Å². The molecule has 0 amide bonds. The van der Waals surface area contributed by atoms with Crippen LogP contribution in [0.5, 0.6) is 0 Å². The van der Waals surface area contributed by atoms with Gasteiger partial charge in [0.15, 0.2) is 0 Å². The third kappa shape index (κ3) is 6.63. The van der Waals surface area contributed by atoms with Crippen LogP contribution in [-0.4, -0.2) is 59.1 Å². The Kier molecular flexibility index (Phi) is 10.7. The Labute approximate surface area is 283 Å². The van der Waals surface area contributed by atoms with Crippen molar-refractivity contribution in [1.29, 1.82) is 5.26 Å². The van der Waals surface area contributed by atoms with Gasteiger partial charge in [0.2, 0.25) is 0 Å². The molecular weight excluding hydrogens is 560 g/mol. The molecule has 0 bridgehead atoms. The van der Waals surface area contributed by atoms with Gasteiger partial charge in [0.1, 0.15) is 0 Å². The molecule has 0 spiro atoms. The van der Waals surface area contributed by atoms with E-state index in [2.05, 4.69) is 21.2 Å². The molecule has 6 aliphatic carbocycles. The minimum Gasteiger partial charge on any atom is -0.316 e. The molecule has 8 aliphatic rings. The Balaban J connectivity index is 0.896. The Hall–Kier alpha value is -0.630. The molecule has 4 heteroatoms. The summed E-state index contributed by atoms with van der Waals surface area (Å²) in [6.07, 6.45) is 37.8. The van der Waals surface area contributed by atoms with Gasteiger partial charge >= 0.3 is 0 Å².